The minimum absolute atomic E-state index is 0.286. The third-order valence-electron chi connectivity index (χ3n) is 16.7. The Morgan fingerprint density at radius 3 is 1.28 bits per heavy atom. The number of carbonyl (C=O) groups excluding carboxylic acids is 2. The number of hydrogen-bond donors (Lipinski definition) is 0. The van der Waals surface area contributed by atoms with Gasteiger partial charge < -0.3 is 18.9 Å². The average molecular weight is 735 g/mol. The van der Waals surface area contributed by atoms with Gasteiger partial charge in [0.05, 0.1) is 25.4 Å². The fourth-order valence-electron chi connectivity index (χ4n) is 15.0. The van der Waals surface area contributed by atoms with E-state index in [1.54, 1.807) is 0 Å². The summed E-state index contributed by atoms with van der Waals surface area (Å²) in [5.74, 6) is 7.33. The smallest absolute Gasteiger partial charge is 0.330 e. The molecule has 0 radical (unpaired) electrons. The normalized spacial score (nSPS) is 39.7. The van der Waals surface area contributed by atoms with Gasteiger partial charge in [-0.1, -0.05) is 103 Å². The molecule has 0 aromatic heterocycles. The molecule has 7 fully saturated rings. The molecule has 0 aromatic carbocycles. The van der Waals surface area contributed by atoms with Crippen molar-refractivity contribution in [1.29, 1.82) is 0 Å². The van der Waals surface area contributed by atoms with E-state index in [1.807, 2.05) is 0 Å². The van der Waals surface area contributed by atoms with E-state index in [0.717, 1.165) is 47.3 Å². The van der Waals surface area contributed by atoms with Crippen LogP contribution in [0.15, 0.2) is 25.3 Å². The molecule has 0 saturated heterocycles. The van der Waals surface area contributed by atoms with Crippen LogP contribution in [-0.2, 0) is 28.5 Å². The van der Waals surface area contributed by atoms with Crippen molar-refractivity contribution in [3.05, 3.63) is 25.3 Å². The van der Waals surface area contributed by atoms with Crippen molar-refractivity contribution >= 4 is 11.9 Å². The van der Waals surface area contributed by atoms with Gasteiger partial charge in [0.15, 0.2) is 0 Å². The first-order valence-corrected chi connectivity index (χ1v) is 22.9. The molecule has 7 aliphatic rings. The Kier molecular flexibility index (Phi) is 14.2. The maximum atomic E-state index is 11.8. The van der Waals surface area contributed by atoms with Crippen LogP contribution in [0, 0.1) is 64.6 Å². The molecule has 0 heterocycles. The summed E-state index contributed by atoms with van der Waals surface area (Å²) < 4.78 is 24.3. The van der Waals surface area contributed by atoms with Crippen LogP contribution >= 0.6 is 0 Å². The summed E-state index contributed by atoms with van der Waals surface area (Å²) in [5.41, 5.74) is 0.449. The molecule has 0 aromatic rings. The van der Waals surface area contributed by atoms with E-state index in [-0.39, 0.29) is 24.1 Å². The van der Waals surface area contributed by atoms with Crippen molar-refractivity contribution in [2.45, 2.75) is 166 Å². The van der Waals surface area contributed by atoms with E-state index in [2.05, 4.69) is 13.2 Å². The Morgan fingerprint density at radius 1 is 0.472 bits per heavy atom. The van der Waals surface area contributed by atoms with Crippen LogP contribution in [0.5, 0.6) is 0 Å². The van der Waals surface area contributed by atoms with Gasteiger partial charge in [0.25, 0.3) is 0 Å². The van der Waals surface area contributed by atoms with Crippen molar-refractivity contribution in [2.24, 2.45) is 64.6 Å². The lowest BCUT2D eigenvalue weighted by Gasteiger charge is -2.59. The molecule has 7 saturated carbocycles. The van der Waals surface area contributed by atoms with Gasteiger partial charge >= 0.3 is 11.9 Å². The predicted molar refractivity (Wildman–Crippen MR) is 210 cm³/mol. The van der Waals surface area contributed by atoms with Gasteiger partial charge in [-0.3, -0.25) is 0 Å². The maximum Gasteiger partial charge on any atom is 0.330 e. The standard InChI is InChI=1S/C47H74O6/c1-3-45(48)52-29-27-50-43-25-23-35(31-39(43)33-15-7-5-8-16-33)47(41-21-13-11-19-37(41)38-20-12-14-22-42(38)47)36-24-26-44(51-28-30-53-46(49)4-2)40(32-36)34-17-9-6-10-18-34/h3-4,33-44H,1-2,5-32H2. The van der Waals surface area contributed by atoms with E-state index in [0.29, 0.717) is 43.7 Å². The molecule has 0 bridgehead atoms. The first-order chi connectivity index (χ1) is 26.0. The number of rotatable bonds is 14. The van der Waals surface area contributed by atoms with Gasteiger partial charge in [-0.15, -0.1) is 0 Å². The van der Waals surface area contributed by atoms with Crippen LogP contribution in [0.2, 0.25) is 0 Å². The Hall–Kier alpha value is -1.66. The van der Waals surface area contributed by atoms with E-state index in [1.165, 1.54) is 166 Å². The number of carbonyl (C=O) groups is 2. The Morgan fingerprint density at radius 2 is 0.868 bits per heavy atom. The Balaban J connectivity index is 1.18. The summed E-state index contributed by atoms with van der Waals surface area (Å²) in [6, 6.07) is 0. The molecule has 6 heteroatoms. The van der Waals surface area contributed by atoms with E-state index in [4.69, 9.17) is 18.9 Å². The monoisotopic (exact) mass is 735 g/mol. The third-order valence-corrected chi connectivity index (χ3v) is 16.7. The zero-order valence-electron chi connectivity index (χ0n) is 33.2. The van der Waals surface area contributed by atoms with Crippen LogP contribution in [0.4, 0.5) is 0 Å². The van der Waals surface area contributed by atoms with Crippen molar-refractivity contribution in [3.63, 3.8) is 0 Å². The zero-order chi connectivity index (χ0) is 36.6. The topological polar surface area (TPSA) is 71.1 Å². The second-order valence-electron chi connectivity index (χ2n) is 18.8. The largest absolute Gasteiger partial charge is 0.460 e. The van der Waals surface area contributed by atoms with Crippen molar-refractivity contribution in [1.82, 2.24) is 0 Å². The van der Waals surface area contributed by atoms with Crippen molar-refractivity contribution in [3.8, 4) is 0 Å². The highest BCUT2D eigenvalue weighted by atomic mass is 16.6. The lowest BCUT2D eigenvalue weighted by Crippen LogP contribution is -2.54. The van der Waals surface area contributed by atoms with E-state index < -0.39 is 0 Å². The number of esters is 2. The molecule has 298 valence electrons. The second kappa shape index (κ2) is 19.0. The molecule has 0 N–H and O–H groups in total. The SMILES string of the molecule is C=CC(=O)OCCOC1CCC(C2(C3CCC(OCCOC(=O)C=C)C(C4CCCCC4)C3)C3CCCCC3C3CCCCC32)CC1C1CCCCC1. The van der Waals surface area contributed by atoms with Crippen LogP contribution in [0.25, 0.3) is 0 Å². The highest BCUT2D eigenvalue weighted by molar-refractivity contribution is 5.81. The Labute approximate surface area is 322 Å². The lowest BCUT2D eigenvalue weighted by molar-refractivity contribution is -0.151. The summed E-state index contributed by atoms with van der Waals surface area (Å²) in [5, 5.41) is 0. The van der Waals surface area contributed by atoms with E-state index in [9.17, 15) is 9.59 Å². The first kappa shape index (κ1) is 39.6. The van der Waals surface area contributed by atoms with Crippen molar-refractivity contribution in [2.75, 3.05) is 26.4 Å². The molecule has 53 heavy (non-hydrogen) atoms. The minimum atomic E-state index is -0.351. The molecular weight excluding hydrogens is 661 g/mol. The molecular formula is C47H74O6. The molecule has 0 amide bonds. The van der Waals surface area contributed by atoms with Crippen LogP contribution in [-0.4, -0.2) is 50.6 Å². The molecule has 10 atom stereocenters. The highest BCUT2D eigenvalue weighted by Gasteiger charge is 2.66. The van der Waals surface area contributed by atoms with Gasteiger partial charge in [-0.2, -0.15) is 0 Å². The molecule has 10 unspecified atom stereocenters. The molecule has 0 aliphatic heterocycles. The molecule has 7 rings (SSSR count). The van der Waals surface area contributed by atoms with Crippen LogP contribution in [0.3, 0.4) is 0 Å². The van der Waals surface area contributed by atoms with Gasteiger partial charge in [0.2, 0.25) is 0 Å². The Bertz CT molecular complexity index is 1110. The summed E-state index contributed by atoms with van der Waals surface area (Å²) >= 11 is 0. The third kappa shape index (κ3) is 8.69. The second-order valence-corrected chi connectivity index (χ2v) is 18.8. The van der Waals surface area contributed by atoms with Crippen LogP contribution in [0.1, 0.15) is 154 Å². The summed E-state index contributed by atoms with van der Waals surface area (Å²) in [6.07, 6.45) is 36.1. The molecule has 0 spiro atoms. The number of hydrogen-bond acceptors (Lipinski definition) is 6. The predicted octanol–water partition coefficient (Wildman–Crippen LogP) is 10.8. The van der Waals surface area contributed by atoms with E-state index >= 15 is 0 Å². The maximum absolute atomic E-state index is 11.8. The first-order valence-electron chi connectivity index (χ1n) is 22.9. The van der Waals surface area contributed by atoms with Gasteiger partial charge in [0, 0.05) is 12.2 Å². The molecule has 6 nitrogen and oxygen atoms in total. The summed E-state index contributed by atoms with van der Waals surface area (Å²) in [6.45, 7) is 8.78. The van der Waals surface area contributed by atoms with Crippen LogP contribution < -0.4 is 0 Å². The van der Waals surface area contributed by atoms with Gasteiger partial charge in [-0.05, 0) is 129 Å². The average Bonchev–Trinajstić information content (AvgIpc) is 3.52. The molecule has 7 aliphatic carbocycles. The summed E-state index contributed by atoms with van der Waals surface area (Å²) in [7, 11) is 0. The fraction of sp³-hybridized carbons (Fsp3) is 0.872. The summed E-state index contributed by atoms with van der Waals surface area (Å²) in [4.78, 5) is 23.6. The fourth-order valence-corrected chi connectivity index (χ4v) is 15.0. The quantitative estimate of drug-likeness (QED) is 0.101. The minimum Gasteiger partial charge on any atom is -0.460 e. The number of ether oxygens (including phenoxy) is 4. The zero-order valence-corrected chi connectivity index (χ0v) is 33.2. The number of fused-ring (bicyclic) bond motifs is 3. The van der Waals surface area contributed by atoms with Gasteiger partial charge in [0.1, 0.15) is 13.2 Å². The lowest BCUT2D eigenvalue weighted by atomic mass is 9.46. The van der Waals surface area contributed by atoms with Crippen molar-refractivity contribution < 1.29 is 28.5 Å². The highest BCUT2D eigenvalue weighted by Crippen LogP contribution is 2.72. The van der Waals surface area contributed by atoms with Gasteiger partial charge in [-0.25, -0.2) is 9.59 Å².